The zero-order valence-electron chi connectivity index (χ0n) is 15.8. The van der Waals surface area contributed by atoms with Crippen molar-refractivity contribution in [1.82, 2.24) is 4.90 Å². The number of likely N-dealkylation sites (tertiary alicyclic amines) is 1. The molecule has 0 amide bonds. The summed E-state index contributed by atoms with van der Waals surface area (Å²) < 4.78 is 14.5. The lowest BCUT2D eigenvalue weighted by atomic mass is 9.68. The molecule has 0 aromatic rings. The Morgan fingerprint density at radius 2 is 1.45 bits per heavy atom. The van der Waals surface area contributed by atoms with Gasteiger partial charge < -0.3 is 4.90 Å². The Morgan fingerprint density at radius 1 is 0.864 bits per heavy atom. The molecule has 0 spiro atoms. The lowest BCUT2D eigenvalue weighted by Gasteiger charge is -2.43. The van der Waals surface area contributed by atoms with Crippen LogP contribution in [-0.2, 0) is 0 Å². The molecular weight excluding hydrogens is 273 g/mol. The molecule has 1 aliphatic carbocycles. The molecule has 1 nitrogen and oxygen atoms in total. The molecule has 0 N–H and O–H groups in total. The molecule has 130 valence electrons. The summed E-state index contributed by atoms with van der Waals surface area (Å²) in [6.45, 7) is 17.3. The van der Waals surface area contributed by atoms with E-state index >= 15 is 0 Å². The second kappa shape index (κ2) is 6.79. The van der Waals surface area contributed by atoms with Gasteiger partial charge in [-0.15, -0.1) is 0 Å². The van der Waals surface area contributed by atoms with Gasteiger partial charge in [-0.25, -0.2) is 4.39 Å². The maximum absolute atomic E-state index is 14.5. The standard InChI is InChI=1S/C20H38FN/c1-19(2,3)16-9-11-22(12-10-16)14-15-7-8-17(18(21)13-15)20(4,5)6/h15-18H,7-14H2,1-6H3. The van der Waals surface area contributed by atoms with E-state index in [1.165, 1.54) is 32.4 Å². The number of piperidine rings is 1. The third-order valence-corrected chi connectivity index (χ3v) is 6.32. The van der Waals surface area contributed by atoms with E-state index in [4.69, 9.17) is 0 Å². The highest BCUT2D eigenvalue weighted by atomic mass is 19.1. The minimum absolute atomic E-state index is 0.120. The summed E-state index contributed by atoms with van der Waals surface area (Å²) in [6, 6.07) is 0. The first-order valence-electron chi connectivity index (χ1n) is 9.44. The molecule has 1 aliphatic heterocycles. The SMILES string of the molecule is CC(C)(C)C1CCN(CC2CCC(C(C)(C)C)C(F)C2)CC1. The molecule has 3 unspecified atom stereocenters. The molecule has 1 saturated carbocycles. The van der Waals surface area contributed by atoms with Crippen LogP contribution in [-0.4, -0.2) is 30.7 Å². The number of hydrogen-bond donors (Lipinski definition) is 0. The van der Waals surface area contributed by atoms with Crippen LogP contribution in [0.5, 0.6) is 0 Å². The van der Waals surface area contributed by atoms with Gasteiger partial charge in [0.05, 0.1) is 0 Å². The summed E-state index contributed by atoms with van der Waals surface area (Å²) >= 11 is 0. The normalized spacial score (nSPS) is 33.1. The van der Waals surface area contributed by atoms with E-state index in [0.717, 1.165) is 25.3 Å². The first kappa shape index (κ1) is 18.2. The number of rotatable bonds is 2. The fourth-order valence-electron chi connectivity index (χ4n) is 4.68. The monoisotopic (exact) mass is 311 g/mol. The Labute approximate surface area is 138 Å². The van der Waals surface area contributed by atoms with Crippen LogP contribution in [0.4, 0.5) is 4.39 Å². The van der Waals surface area contributed by atoms with E-state index in [-0.39, 0.29) is 11.3 Å². The molecule has 3 atom stereocenters. The van der Waals surface area contributed by atoms with Crippen LogP contribution in [0.3, 0.4) is 0 Å². The molecule has 0 aromatic carbocycles. The highest BCUT2D eigenvalue weighted by Crippen LogP contribution is 2.42. The predicted molar refractivity (Wildman–Crippen MR) is 93.8 cm³/mol. The maximum Gasteiger partial charge on any atom is 0.104 e. The quantitative estimate of drug-likeness (QED) is 0.646. The Balaban J connectivity index is 1.77. The number of halogens is 1. The largest absolute Gasteiger partial charge is 0.303 e. The van der Waals surface area contributed by atoms with Crippen molar-refractivity contribution in [3.05, 3.63) is 0 Å². The summed E-state index contributed by atoms with van der Waals surface area (Å²) in [5, 5.41) is 0. The van der Waals surface area contributed by atoms with E-state index in [1.807, 2.05) is 0 Å². The van der Waals surface area contributed by atoms with Crippen LogP contribution in [0.25, 0.3) is 0 Å². The molecule has 0 radical (unpaired) electrons. The summed E-state index contributed by atoms with van der Waals surface area (Å²) in [4.78, 5) is 2.61. The van der Waals surface area contributed by atoms with Gasteiger partial charge in [-0.3, -0.25) is 0 Å². The summed E-state index contributed by atoms with van der Waals surface area (Å²) in [5.74, 6) is 1.70. The molecule has 2 rings (SSSR count). The highest BCUT2D eigenvalue weighted by molar-refractivity contribution is 4.89. The zero-order chi connectivity index (χ0) is 16.5. The number of hydrogen-bond acceptors (Lipinski definition) is 1. The van der Waals surface area contributed by atoms with Crippen LogP contribution in [0.15, 0.2) is 0 Å². The van der Waals surface area contributed by atoms with Crippen molar-refractivity contribution in [2.75, 3.05) is 19.6 Å². The van der Waals surface area contributed by atoms with Crippen molar-refractivity contribution in [3.63, 3.8) is 0 Å². The molecule has 2 fully saturated rings. The minimum atomic E-state index is -0.592. The van der Waals surface area contributed by atoms with E-state index in [9.17, 15) is 4.39 Å². The molecule has 1 heterocycles. The third kappa shape index (κ3) is 4.69. The lowest BCUT2D eigenvalue weighted by molar-refractivity contribution is 0.0303. The van der Waals surface area contributed by atoms with Crippen LogP contribution in [0.2, 0.25) is 0 Å². The smallest absolute Gasteiger partial charge is 0.104 e. The Kier molecular flexibility index (Phi) is 5.63. The fourth-order valence-corrected chi connectivity index (χ4v) is 4.68. The van der Waals surface area contributed by atoms with Crippen molar-refractivity contribution in [1.29, 1.82) is 0 Å². The Hall–Kier alpha value is -0.110. The van der Waals surface area contributed by atoms with Crippen LogP contribution in [0.1, 0.15) is 73.6 Å². The summed E-state index contributed by atoms with van der Waals surface area (Å²) in [7, 11) is 0. The zero-order valence-corrected chi connectivity index (χ0v) is 15.8. The third-order valence-electron chi connectivity index (χ3n) is 6.32. The average Bonchev–Trinajstić information content (AvgIpc) is 2.36. The second-order valence-electron chi connectivity index (χ2n) is 10.1. The lowest BCUT2D eigenvalue weighted by Crippen LogP contribution is -2.43. The molecule has 1 saturated heterocycles. The van der Waals surface area contributed by atoms with E-state index in [0.29, 0.717) is 11.3 Å². The molecular formula is C20H38FN. The Bertz CT molecular complexity index is 344. The number of alkyl halides is 1. The molecule has 0 aromatic heterocycles. The fraction of sp³-hybridized carbons (Fsp3) is 1.00. The highest BCUT2D eigenvalue weighted by Gasteiger charge is 2.38. The van der Waals surface area contributed by atoms with Crippen LogP contribution in [0, 0.1) is 28.6 Å². The molecule has 22 heavy (non-hydrogen) atoms. The first-order valence-corrected chi connectivity index (χ1v) is 9.44. The van der Waals surface area contributed by atoms with Gasteiger partial charge in [0.1, 0.15) is 6.17 Å². The summed E-state index contributed by atoms with van der Waals surface area (Å²) in [5.41, 5.74) is 0.566. The van der Waals surface area contributed by atoms with Crippen LogP contribution < -0.4 is 0 Å². The van der Waals surface area contributed by atoms with Gasteiger partial charge in [0.15, 0.2) is 0 Å². The maximum atomic E-state index is 14.5. The van der Waals surface area contributed by atoms with Crippen LogP contribution >= 0.6 is 0 Å². The van der Waals surface area contributed by atoms with Gasteiger partial charge in [-0.1, -0.05) is 41.5 Å². The minimum Gasteiger partial charge on any atom is -0.303 e. The van der Waals surface area contributed by atoms with E-state index in [1.54, 1.807) is 0 Å². The van der Waals surface area contributed by atoms with Gasteiger partial charge in [0.25, 0.3) is 0 Å². The van der Waals surface area contributed by atoms with Gasteiger partial charge >= 0.3 is 0 Å². The van der Waals surface area contributed by atoms with E-state index < -0.39 is 6.17 Å². The van der Waals surface area contributed by atoms with Gasteiger partial charge in [0, 0.05) is 6.54 Å². The molecule has 0 bridgehead atoms. The topological polar surface area (TPSA) is 3.24 Å². The van der Waals surface area contributed by atoms with Crippen molar-refractivity contribution >= 4 is 0 Å². The van der Waals surface area contributed by atoms with Crippen molar-refractivity contribution in [3.8, 4) is 0 Å². The van der Waals surface area contributed by atoms with Crippen molar-refractivity contribution < 1.29 is 4.39 Å². The predicted octanol–water partition coefficient (Wildman–Crippen LogP) is 5.55. The average molecular weight is 312 g/mol. The van der Waals surface area contributed by atoms with Crippen molar-refractivity contribution in [2.24, 2.45) is 28.6 Å². The van der Waals surface area contributed by atoms with Gasteiger partial charge in [0.2, 0.25) is 0 Å². The summed E-state index contributed by atoms with van der Waals surface area (Å²) in [6.07, 6.45) is 5.14. The van der Waals surface area contributed by atoms with Gasteiger partial charge in [-0.05, 0) is 73.8 Å². The first-order chi connectivity index (χ1) is 10.1. The molecule has 2 heteroatoms. The van der Waals surface area contributed by atoms with Crippen molar-refractivity contribution in [2.45, 2.75) is 79.8 Å². The Morgan fingerprint density at radius 3 is 1.91 bits per heavy atom. The second-order valence-corrected chi connectivity index (χ2v) is 10.1. The molecule has 2 aliphatic rings. The van der Waals surface area contributed by atoms with E-state index in [2.05, 4.69) is 46.4 Å². The van der Waals surface area contributed by atoms with Gasteiger partial charge in [-0.2, -0.15) is 0 Å². The number of nitrogens with zero attached hydrogens (tertiary/aromatic N) is 1.